The lowest BCUT2D eigenvalue weighted by Gasteiger charge is -2.21. The number of aryl methyl sites for hydroxylation is 2. The SMILES string of the molecule is O=C(c1ccc(CCc2ccccc2)cc1)C1NCCc2ccoc21. The summed E-state index contributed by atoms with van der Waals surface area (Å²) in [7, 11) is 0. The molecule has 0 amide bonds. The molecule has 1 aliphatic heterocycles. The minimum Gasteiger partial charge on any atom is -0.467 e. The Labute approximate surface area is 147 Å². The molecule has 25 heavy (non-hydrogen) atoms. The van der Waals surface area contributed by atoms with E-state index in [1.54, 1.807) is 6.26 Å². The van der Waals surface area contributed by atoms with Gasteiger partial charge >= 0.3 is 0 Å². The van der Waals surface area contributed by atoms with Gasteiger partial charge in [0.25, 0.3) is 0 Å². The molecule has 3 nitrogen and oxygen atoms in total. The van der Waals surface area contributed by atoms with E-state index < -0.39 is 0 Å². The normalized spacial score (nSPS) is 16.4. The van der Waals surface area contributed by atoms with Crippen molar-refractivity contribution in [2.24, 2.45) is 0 Å². The summed E-state index contributed by atoms with van der Waals surface area (Å²) in [5, 5.41) is 3.28. The number of benzene rings is 2. The average Bonchev–Trinajstić information content (AvgIpc) is 3.16. The zero-order valence-corrected chi connectivity index (χ0v) is 14.1. The smallest absolute Gasteiger partial charge is 0.187 e. The minimum absolute atomic E-state index is 0.0745. The van der Waals surface area contributed by atoms with E-state index in [-0.39, 0.29) is 11.8 Å². The largest absolute Gasteiger partial charge is 0.467 e. The number of hydrogen-bond acceptors (Lipinski definition) is 3. The third-order valence-electron chi connectivity index (χ3n) is 4.83. The van der Waals surface area contributed by atoms with Gasteiger partial charge in [0.15, 0.2) is 5.78 Å². The van der Waals surface area contributed by atoms with Gasteiger partial charge in [0.2, 0.25) is 0 Å². The van der Waals surface area contributed by atoms with Crippen molar-refractivity contribution in [3.05, 3.63) is 94.9 Å². The maximum absolute atomic E-state index is 12.8. The third-order valence-corrected chi connectivity index (χ3v) is 4.83. The molecule has 0 fully saturated rings. The monoisotopic (exact) mass is 331 g/mol. The number of Topliss-reactive ketones (excluding diaryl/α,β-unsaturated/α-hetero) is 1. The average molecular weight is 331 g/mol. The fourth-order valence-electron chi connectivity index (χ4n) is 3.40. The summed E-state index contributed by atoms with van der Waals surface area (Å²) in [6, 6.07) is 20.0. The van der Waals surface area contributed by atoms with Gasteiger partial charge in [-0.3, -0.25) is 4.79 Å². The summed E-state index contributed by atoms with van der Waals surface area (Å²) in [6.07, 6.45) is 4.56. The Kier molecular flexibility index (Phi) is 4.49. The number of ketones is 1. The zero-order chi connectivity index (χ0) is 17.1. The second-order valence-corrected chi connectivity index (χ2v) is 6.49. The summed E-state index contributed by atoms with van der Waals surface area (Å²) in [5.74, 6) is 0.843. The predicted octanol–water partition coefficient (Wildman–Crippen LogP) is 4.13. The molecule has 3 aromatic rings. The highest BCUT2D eigenvalue weighted by Crippen LogP contribution is 2.27. The molecular weight excluding hydrogens is 310 g/mol. The van der Waals surface area contributed by atoms with Gasteiger partial charge in [-0.2, -0.15) is 0 Å². The van der Waals surface area contributed by atoms with E-state index in [4.69, 9.17) is 4.42 Å². The van der Waals surface area contributed by atoms with Crippen molar-refractivity contribution in [1.29, 1.82) is 0 Å². The molecule has 0 spiro atoms. The van der Waals surface area contributed by atoms with Crippen LogP contribution in [0.5, 0.6) is 0 Å². The Hall–Kier alpha value is -2.65. The van der Waals surface area contributed by atoms with Crippen LogP contribution in [0.15, 0.2) is 71.3 Å². The van der Waals surface area contributed by atoms with E-state index in [1.165, 1.54) is 11.1 Å². The number of carbonyl (C=O) groups is 1. The van der Waals surface area contributed by atoms with E-state index in [2.05, 4.69) is 41.7 Å². The van der Waals surface area contributed by atoms with Gasteiger partial charge in [-0.1, -0.05) is 54.6 Å². The van der Waals surface area contributed by atoms with E-state index in [0.29, 0.717) is 0 Å². The van der Waals surface area contributed by atoms with Crippen molar-refractivity contribution < 1.29 is 9.21 Å². The van der Waals surface area contributed by atoms with Crippen molar-refractivity contribution >= 4 is 5.78 Å². The Morgan fingerprint density at radius 2 is 1.68 bits per heavy atom. The molecule has 126 valence electrons. The maximum atomic E-state index is 12.8. The number of rotatable bonds is 5. The summed E-state index contributed by atoms with van der Waals surface area (Å²) < 4.78 is 5.54. The second kappa shape index (κ2) is 7.08. The van der Waals surface area contributed by atoms with Gasteiger partial charge in [0.05, 0.1) is 6.26 Å². The molecular formula is C22H21NO2. The Morgan fingerprint density at radius 3 is 2.44 bits per heavy atom. The fourth-order valence-corrected chi connectivity index (χ4v) is 3.40. The number of hydrogen-bond donors (Lipinski definition) is 1. The molecule has 1 aromatic heterocycles. The molecule has 2 heterocycles. The molecule has 3 heteroatoms. The van der Waals surface area contributed by atoms with Crippen molar-refractivity contribution in [2.75, 3.05) is 6.54 Å². The number of nitrogens with one attached hydrogen (secondary N) is 1. The lowest BCUT2D eigenvalue weighted by Crippen LogP contribution is -2.34. The molecule has 1 aliphatic rings. The van der Waals surface area contributed by atoms with E-state index >= 15 is 0 Å². The fraction of sp³-hybridized carbons (Fsp3) is 0.227. The standard InChI is InChI=1S/C22H21NO2/c24-21(20-22-19(12-14-23-20)13-15-25-22)18-10-8-17(9-11-18)7-6-16-4-2-1-3-5-16/h1-5,8-11,13,15,20,23H,6-7,12,14H2. The molecule has 1 unspecified atom stereocenters. The van der Waals surface area contributed by atoms with Crippen LogP contribution in [0.3, 0.4) is 0 Å². The number of carbonyl (C=O) groups excluding carboxylic acids is 1. The summed E-state index contributed by atoms with van der Waals surface area (Å²) in [6.45, 7) is 0.804. The molecule has 0 saturated carbocycles. The lowest BCUT2D eigenvalue weighted by atomic mass is 9.94. The van der Waals surface area contributed by atoms with Gasteiger partial charge in [-0.25, -0.2) is 0 Å². The van der Waals surface area contributed by atoms with E-state index in [0.717, 1.165) is 42.7 Å². The van der Waals surface area contributed by atoms with Gasteiger partial charge in [0, 0.05) is 12.1 Å². The van der Waals surface area contributed by atoms with Crippen LogP contribution in [0.4, 0.5) is 0 Å². The second-order valence-electron chi connectivity index (χ2n) is 6.49. The topological polar surface area (TPSA) is 42.2 Å². The molecule has 4 rings (SSSR count). The number of fused-ring (bicyclic) bond motifs is 1. The Morgan fingerprint density at radius 1 is 0.960 bits per heavy atom. The van der Waals surface area contributed by atoms with Crippen LogP contribution in [-0.2, 0) is 19.3 Å². The number of furan rings is 1. The summed E-state index contributed by atoms with van der Waals surface area (Å²) >= 11 is 0. The quantitative estimate of drug-likeness (QED) is 0.715. The van der Waals surface area contributed by atoms with Crippen LogP contribution < -0.4 is 5.32 Å². The van der Waals surface area contributed by atoms with Crippen LogP contribution in [0.25, 0.3) is 0 Å². The molecule has 2 aromatic carbocycles. The van der Waals surface area contributed by atoms with Gasteiger partial charge in [0.1, 0.15) is 11.8 Å². The van der Waals surface area contributed by atoms with Crippen molar-refractivity contribution in [2.45, 2.75) is 25.3 Å². The van der Waals surface area contributed by atoms with Crippen LogP contribution in [0.2, 0.25) is 0 Å². The first-order valence-electron chi connectivity index (χ1n) is 8.78. The van der Waals surface area contributed by atoms with Gasteiger partial charge in [-0.15, -0.1) is 0 Å². The third kappa shape index (κ3) is 3.42. The zero-order valence-electron chi connectivity index (χ0n) is 14.1. The highest BCUT2D eigenvalue weighted by molar-refractivity contribution is 6.00. The maximum Gasteiger partial charge on any atom is 0.187 e. The molecule has 1 atom stereocenters. The highest BCUT2D eigenvalue weighted by Gasteiger charge is 2.29. The van der Waals surface area contributed by atoms with Gasteiger partial charge < -0.3 is 9.73 Å². The molecule has 1 N–H and O–H groups in total. The van der Waals surface area contributed by atoms with Crippen molar-refractivity contribution in [3.8, 4) is 0 Å². The van der Waals surface area contributed by atoms with E-state index in [1.807, 2.05) is 24.3 Å². The first-order chi connectivity index (χ1) is 12.3. The first-order valence-corrected chi connectivity index (χ1v) is 8.78. The van der Waals surface area contributed by atoms with Crippen LogP contribution in [-0.4, -0.2) is 12.3 Å². The molecule has 0 bridgehead atoms. The van der Waals surface area contributed by atoms with E-state index in [9.17, 15) is 4.79 Å². The molecule has 0 radical (unpaired) electrons. The van der Waals surface area contributed by atoms with Crippen molar-refractivity contribution in [1.82, 2.24) is 5.32 Å². The van der Waals surface area contributed by atoms with Crippen molar-refractivity contribution in [3.63, 3.8) is 0 Å². The van der Waals surface area contributed by atoms with Crippen LogP contribution >= 0.6 is 0 Å². The summed E-state index contributed by atoms with van der Waals surface area (Å²) in [5.41, 5.74) is 4.44. The first kappa shape index (κ1) is 15.9. The Balaban J connectivity index is 1.45. The summed E-state index contributed by atoms with van der Waals surface area (Å²) in [4.78, 5) is 12.8. The Bertz CT molecular complexity index is 849. The lowest BCUT2D eigenvalue weighted by molar-refractivity contribution is 0.0926. The molecule has 0 aliphatic carbocycles. The van der Waals surface area contributed by atoms with Crippen LogP contribution in [0, 0.1) is 0 Å². The highest BCUT2D eigenvalue weighted by atomic mass is 16.3. The molecule has 0 saturated heterocycles. The predicted molar refractivity (Wildman–Crippen MR) is 97.8 cm³/mol. The minimum atomic E-state index is -0.367. The van der Waals surface area contributed by atoms with Gasteiger partial charge in [-0.05, 0) is 42.0 Å². The van der Waals surface area contributed by atoms with Crippen LogP contribution in [0.1, 0.15) is 38.9 Å².